The van der Waals surface area contributed by atoms with Crippen LogP contribution in [-0.2, 0) is 0 Å². The fourth-order valence-electron chi connectivity index (χ4n) is 1.11. The van der Waals surface area contributed by atoms with E-state index in [0.29, 0.717) is 11.3 Å². The van der Waals surface area contributed by atoms with Crippen LogP contribution >= 0.6 is 0 Å². The molecule has 0 amide bonds. The highest BCUT2D eigenvalue weighted by Gasteiger charge is 2.14. The van der Waals surface area contributed by atoms with Gasteiger partial charge in [-0.3, -0.25) is 9.59 Å². The van der Waals surface area contributed by atoms with Crippen molar-refractivity contribution in [2.75, 3.05) is 11.9 Å². The summed E-state index contributed by atoms with van der Waals surface area (Å²) in [5, 5.41) is 2.96. The van der Waals surface area contributed by atoms with Crippen LogP contribution in [-0.4, -0.2) is 6.54 Å². The summed E-state index contributed by atoms with van der Waals surface area (Å²) >= 11 is 0. The van der Waals surface area contributed by atoms with E-state index in [9.17, 15) is 9.59 Å². The molecule has 0 aliphatic carbocycles. The van der Waals surface area contributed by atoms with Gasteiger partial charge in [0, 0.05) is 12.1 Å². The van der Waals surface area contributed by atoms with Crippen LogP contribution < -0.4 is 16.2 Å². The van der Waals surface area contributed by atoms with Crippen molar-refractivity contribution in [3.63, 3.8) is 0 Å². The monoisotopic (exact) mass is 167 g/mol. The van der Waals surface area contributed by atoms with Gasteiger partial charge >= 0.3 is 0 Å². The predicted octanol–water partition coefficient (Wildman–Crippen LogP) is 0.803. The van der Waals surface area contributed by atoms with Gasteiger partial charge in [-0.2, -0.15) is 0 Å². The minimum atomic E-state index is -0.358. The van der Waals surface area contributed by atoms with Crippen molar-refractivity contribution >= 4 is 5.69 Å². The lowest BCUT2D eigenvalue weighted by Gasteiger charge is -2.08. The van der Waals surface area contributed by atoms with Crippen LogP contribution in [0.5, 0.6) is 0 Å². The lowest BCUT2D eigenvalue weighted by atomic mass is 10.1. The van der Waals surface area contributed by atoms with E-state index in [1.54, 1.807) is 6.92 Å². The summed E-state index contributed by atoms with van der Waals surface area (Å²) in [6, 6.07) is 0. The van der Waals surface area contributed by atoms with Crippen LogP contribution in [0.1, 0.15) is 25.3 Å². The summed E-state index contributed by atoms with van der Waals surface area (Å²) in [5.41, 5.74) is 0.405. The van der Waals surface area contributed by atoms with E-state index in [1.807, 2.05) is 0 Å². The third-order valence-corrected chi connectivity index (χ3v) is 1.98. The normalized spacial score (nSPS) is 10.5. The second-order valence-corrected chi connectivity index (χ2v) is 2.94. The quantitative estimate of drug-likeness (QED) is 0.533. The van der Waals surface area contributed by atoms with Gasteiger partial charge in [0.1, 0.15) is 0 Å². The van der Waals surface area contributed by atoms with Crippen molar-refractivity contribution in [1.29, 1.82) is 0 Å². The zero-order valence-electron chi connectivity index (χ0n) is 7.44. The van der Waals surface area contributed by atoms with Gasteiger partial charge in [0.15, 0.2) is 0 Å². The Kier molecular flexibility index (Phi) is 2.63. The van der Waals surface area contributed by atoms with E-state index in [4.69, 9.17) is 0 Å². The van der Waals surface area contributed by atoms with Gasteiger partial charge in [-0.15, -0.1) is 0 Å². The van der Waals surface area contributed by atoms with Gasteiger partial charge in [0.05, 0.1) is 5.69 Å². The van der Waals surface area contributed by atoms with Crippen molar-refractivity contribution in [1.82, 2.24) is 0 Å². The zero-order valence-corrected chi connectivity index (χ0v) is 7.44. The SMILES string of the molecule is CCCCNc1c(C)c(=O)c1=O. The summed E-state index contributed by atoms with van der Waals surface area (Å²) in [6.07, 6.45) is 2.11. The van der Waals surface area contributed by atoms with Crippen molar-refractivity contribution in [3.05, 3.63) is 26.0 Å². The van der Waals surface area contributed by atoms with Crippen LogP contribution in [0.25, 0.3) is 0 Å². The zero-order chi connectivity index (χ0) is 9.14. The first-order valence-electron chi connectivity index (χ1n) is 4.22. The second kappa shape index (κ2) is 3.52. The lowest BCUT2D eigenvalue weighted by Crippen LogP contribution is -2.37. The highest BCUT2D eigenvalue weighted by atomic mass is 16.2. The van der Waals surface area contributed by atoms with Gasteiger partial charge in [-0.25, -0.2) is 0 Å². The molecule has 0 saturated carbocycles. The Morgan fingerprint density at radius 3 is 2.42 bits per heavy atom. The molecule has 1 aromatic carbocycles. The first-order chi connectivity index (χ1) is 5.68. The third-order valence-electron chi connectivity index (χ3n) is 1.98. The van der Waals surface area contributed by atoms with Crippen molar-refractivity contribution in [2.45, 2.75) is 26.7 Å². The molecule has 0 atom stereocenters. The molecule has 3 heteroatoms. The highest BCUT2D eigenvalue weighted by molar-refractivity contribution is 5.55. The molecule has 0 aromatic heterocycles. The maximum absolute atomic E-state index is 10.9. The molecular formula is C9H13NO2. The summed E-state index contributed by atoms with van der Waals surface area (Å²) in [4.78, 5) is 21.7. The molecule has 0 heterocycles. The Bertz CT molecular complexity index is 334. The molecule has 0 fully saturated rings. The highest BCUT2D eigenvalue weighted by Crippen LogP contribution is 2.04. The molecule has 66 valence electrons. The standard InChI is InChI=1S/C9H13NO2/c1-3-4-5-10-7-6(2)8(11)9(7)12/h10H,3-5H2,1-2H3. The fourth-order valence-corrected chi connectivity index (χ4v) is 1.11. The predicted molar refractivity (Wildman–Crippen MR) is 49.5 cm³/mol. The van der Waals surface area contributed by atoms with E-state index in [0.717, 1.165) is 19.4 Å². The van der Waals surface area contributed by atoms with E-state index in [-0.39, 0.29) is 10.9 Å². The average Bonchev–Trinajstić information content (AvgIpc) is 2.11. The molecule has 0 radical (unpaired) electrons. The number of hydrogen-bond donors (Lipinski definition) is 1. The van der Waals surface area contributed by atoms with Gasteiger partial charge in [-0.1, -0.05) is 13.3 Å². The molecular weight excluding hydrogens is 154 g/mol. The first-order valence-corrected chi connectivity index (χ1v) is 4.22. The molecule has 0 aliphatic rings. The van der Waals surface area contributed by atoms with E-state index in [1.165, 1.54) is 0 Å². The van der Waals surface area contributed by atoms with E-state index < -0.39 is 0 Å². The van der Waals surface area contributed by atoms with Crippen molar-refractivity contribution < 1.29 is 0 Å². The molecule has 1 aromatic rings. The Morgan fingerprint density at radius 1 is 1.25 bits per heavy atom. The largest absolute Gasteiger partial charge is 0.381 e. The van der Waals surface area contributed by atoms with Crippen molar-refractivity contribution in [3.8, 4) is 0 Å². The van der Waals surface area contributed by atoms with Gasteiger partial charge < -0.3 is 5.32 Å². The average molecular weight is 167 g/mol. The van der Waals surface area contributed by atoms with Crippen LogP contribution in [0, 0.1) is 6.92 Å². The Balaban J connectivity index is 2.55. The van der Waals surface area contributed by atoms with Gasteiger partial charge in [0.25, 0.3) is 0 Å². The summed E-state index contributed by atoms with van der Waals surface area (Å²) < 4.78 is 0. The second-order valence-electron chi connectivity index (χ2n) is 2.94. The molecule has 0 bridgehead atoms. The van der Waals surface area contributed by atoms with Crippen LogP contribution in [0.15, 0.2) is 9.59 Å². The number of hydrogen-bond acceptors (Lipinski definition) is 3. The lowest BCUT2D eigenvalue weighted by molar-refractivity contribution is 0.831. The topological polar surface area (TPSA) is 46.2 Å². The number of rotatable bonds is 4. The Hall–Kier alpha value is -1.12. The molecule has 0 spiro atoms. The summed E-state index contributed by atoms with van der Waals surface area (Å²) in [7, 11) is 0. The summed E-state index contributed by atoms with van der Waals surface area (Å²) in [5.74, 6) is 0. The molecule has 1 N–H and O–H groups in total. The molecule has 1 rings (SSSR count). The van der Waals surface area contributed by atoms with Gasteiger partial charge in [0.2, 0.25) is 10.9 Å². The van der Waals surface area contributed by atoms with E-state index in [2.05, 4.69) is 12.2 Å². The van der Waals surface area contributed by atoms with Gasteiger partial charge in [-0.05, 0) is 13.3 Å². The van der Waals surface area contributed by atoms with Crippen molar-refractivity contribution in [2.24, 2.45) is 0 Å². The maximum atomic E-state index is 10.9. The number of unbranched alkanes of at least 4 members (excludes halogenated alkanes) is 1. The van der Waals surface area contributed by atoms with Crippen LogP contribution in [0.2, 0.25) is 0 Å². The third kappa shape index (κ3) is 1.40. The van der Waals surface area contributed by atoms with E-state index >= 15 is 0 Å². The number of anilines is 1. The fraction of sp³-hybridized carbons (Fsp3) is 0.556. The molecule has 0 saturated heterocycles. The molecule has 12 heavy (non-hydrogen) atoms. The Labute approximate surface area is 71.1 Å². The Morgan fingerprint density at radius 2 is 1.92 bits per heavy atom. The molecule has 3 nitrogen and oxygen atoms in total. The molecule has 0 unspecified atom stereocenters. The summed E-state index contributed by atoms with van der Waals surface area (Å²) in [6.45, 7) is 4.54. The first kappa shape index (κ1) is 8.97. The maximum Gasteiger partial charge on any atom is 0.249 e. The van der Waals surface area contributed by atoms with Crippen LogP contribution in [0.3, 0.4) is 0 Å². The number of nitrogens with one attached hydrogen (secondary N) is 1. The molecule has 0 aliphatic heterocycles. The minimum Gasteiger partial charge on any atom is -0.381 e. The minimum absolute atomic E-state index is 0.339. The smallest absolute Gasteiger partial charge is 0.249 e. The van der Waals surface area contributed by atoms with Crippen LogP contribution in [0.4, 0.5) is 5.69 Å².